The summed E-state index contributed by atoms with van der Waals surface area (Å²) in [7, 11) is 1.93. The zero-order chi connectivity index (χ0) is 21.1. The summed E-state index contributed by atoms with van der Waals surface area (Å²) < 4.78 is 15.3. The van der Waals surface area contributed by atoms with Crippen LogP contribution in [0.1, 0.15) is 24.2 Å². The number of carbonyl (C=O) groups excluding carboxylic acids is 2. The van der Waals surface area contributed by atoms with Crippen LogP contribution in [0.5, 0.6) is 0 Å². The number of nitrogens with zero attached hydrogens (tertiary/aromatic N) is 3. The molecule has 0 spiro atoms. The van der Waals surface area contributed by atoms with Gasteiger partial charge in [-0.25, -0.2) is 9.37 Å². The Hall–Kier alpha value is -3.22. The number of hydrogen-bond donors (Lipinski definition) is 1. The molecule has 2 amide bonds. The number of aromatic nitrogens is 2. The molecule has 156 valence electrons. The number of piperidine rings is 1. The first kappa shape index (κ1) is 20.1. The lowest BCUT2D eigenvalue weighted by Crippen LogP contribution is -2.46. The molecule has 30 heavy (non-hydrogen) atoms. The topological polar surface area (TPSA) is 67.2 Å². The third-order valence-electron chi connectivity index (χ3n) is 5.73. The quantitative estimate of drug-likeness (QED) is 0.682. The fourth-order valence-electron chi connectivity index (χ4n) is 3.97. The van der Waals surface area contributed by atoms with Crippen LogP contribution in [0.2, 0.25) is 0 Å². The highest BCUT2D eigenvalue weighted by atomic mass is 19.1. The molecule has 2 heterocycles. The van der Waals surface area contributed by atoms with E-state index in [-0.39, 0.29) is 23.5 Å². The van der Waals surface area contributed by atoms with Crippen molar-refractivity contribution in [2.24, 2.45) is 13.0 Å². The second-order valence-electron chi connectivity index (χ2n) is 7.75. The van der Waals surface area contributed by atoms with E-state index in [1.165, 1.54) is 12.1 Å². The van der Waals surface area contributed by atoms with Gasteiger partial charge in [-0.2, -0.15) is 0 Å². The Kier molecular flexibility index (Phi) is 5.79. The summed E-state index contributed by atoms with van der Waals surface area (Å²) in [6.07, 6.45) is 1.47. The average Bonchev–Trinajstić information content (AvgIpc) is 3.07. The average molecular weight is 408 g/mol. The number of carbonyl (C=O) groups is 2. The summed E-state index contributed by atoms with van der Waals surface area (Å²) >= 11 is 0. The SMILES string of the molecule is Cn1c(CNC(=O)C2CCC(=O)N(CCc3cccc(F)c3)C2)nc2ccccc21. The number of para-hydroxylation sites is 2. The standard InChI is InChI=1S/C23H25FN4O2/c1-27-20-8-3-2-7-19(20)26-21(27)14-25-23(30)17-9-10-22(29)28(15-17)12-11-16-5-4-6-18(24)13-16/h2-8,13,17H,9-12,14-15H2,1H3,(H,25,30). The van der Waals surface area contributed by atoms with Gasteiger partial charge in [-0.3, -0.25) is 9.59 Å². The summed E-state index contributed by atoms with van der Waals surface area (Å²) in [6, 6.07) is 14.2. The van der Waals surface area contributed by atoms with Gasteiger partial charge in [0.05, 0.1) is 23.5 Å². The Morgan fingerprint density at radius 1 is 1.23 bits per heavy atom. The highest BCUT2D eigenvalue weighted by Gasteiger charge is 2.30. The number of aryl methyl sites for hydroxylation is 1. The molecule has 7 heteroatoms. The number of halogens is 1. The first-order chi connectivity index (χ1) is 14.5. The van der Waals surface area contributed by atoms with Gasteiger partial charge in [0.25, 0.3) is 0 Å². The van der Waals surface area contributed by atoms with Crippen LogP contribution in [-0.4, -0.2) is 39.4 Å². The van der Waals surface area contributed by atoms with Gasteiger partial charge in [-0.1, -0.05) is 24.3 Å². The highest BCUT2D eigenvalue weighted by Crippen LogP contribution is 2.19. The van der Waals surface area contributed by atoms with Crippen molar-refractivity contribution in [1.29, 1.82) is 0 Å². The molecule has 6 nitrogen and oxygen atoms in total. The maximum absolute atomic E-state index is 13.4. The Balaban J connectivity index is 1.34. The third kappa shape index (κ3) is 4.35. The number of imidazole rings is 1. The van der Waals surface area contributed by atoms with Crippen LogP contribution in [0.25, 0.3) is 11.0 Å². The lowest BCUT2D eigenvalue weighted by atomic mass is 9.96. The van der Waals surface area contributed by atoms with Gasteiger partial charge in [0.1, 0.15) is 11.6 Å². The van der Waals surface area contributed by atoms with E-state index in [0.29, 0.717) is 38.9 Å². The Labute approximate surface area is 174 Å². The second-order valence-corrected chi connectivity index (χ2v) is 7.75. The number of likely N-dealkylation sites (tertiary alicyclic amines) is 1. The van der Waals surface area contributed by atoms with E-state index in [2.05, 4.69) is 10.3 Å². The number of amides is 2. The maximum atomic E-state index is 13.4. The van der Waals surface area contributed by atoms with Crippen molar-refractivity contribution >= 4 is 22.8 Å². The molecule has 0 radical (unpaired) electrons. The minimum absolute atomic E-state index is 0.0470. The van der Waals surface area contributed by atoms with Crippen molar-refractivity contribution in [2.45, 2.75) is 25.8 Å². The van der Waals surface area contributed by atoms with Gasteiger partial charge in [0.2, 0.25) is 11.8 Å². The van der Waals surface area contributed by atoms with Gasteiger partial charge < -0.3 is 14.8 Å². The number of rotatable bonds is 6. The Morgan fingerprint density at radius 2 is 2.07 bits per heavy atom. The van der Waals surface area contributed by atoms with Gasteiger partial charge in [-0.05, 0) is 42.7 Å². The van der Waals surface area contributed by atoms with Crippen molar-refractivity contribution < 1.29 is 14.0 Å². The van der Waals surface area contributed by atoms with Crippen molar-refractivity contribution in [3.8, 4) is 0 Å². The molecule has 2 aromatic carbocycles. The fourth-order valence-corrected chi connectivity index (χ4v) is 3.97. The van der Waals surface area contributed by atoms with Crippen LogP contribution < -0.4 is 5.32 Å². The minimum atomic E-state index is -0.281. The van der Waals surface area contributed by atoms with Crippen LogP contribution >= 0.6 is 0 Å². The fraction of sp³-hybridized carbons (Fsp3) is 0.348. The van der Waals surface area contributed by atoms with Crippen LogP contribution in [0.4, 0.5) is 4.39 Å². The summed E-state index contributed by atoms with van der Waals surface area (Å²) in [5.74, 6) is 0.247. The molecule has 1 fully saturated rings. The molecular formula is C23H25FN4O2. The molecule has 1 aromatic heterocycles. The molecule has 0 bridgehead atoms. The molecule has 0 aliphatic carbocycles. The summed E-state index contributed by atoms with van der Waals surface area (Å²) in [4.78, 5) is 31.3. The number of hydrogen-bond acceptors (Lipinski definition) is 3. The molecule has 0 saturated carbocycles. The number of nitrogens with one attached hydrogen (secondary N) is 1. The van der Waals surface area contributed by atoms with E-state index in [9.17, 15) is 14.0 Å². The zero-order valence-corrected chi connectivity index (χ0v) is 17.0. The summed E-state index contributed by atoms with van der Waals surface area (Å²) in [6.45, 7) is 1.22. The van der Waals surface area contributed by atoms with Crippen LogP contribution in [0.3, 0.4) is 0 Å². The van der Waals surface area contributed by atoms with E-state index in [1.807, 2.05) is 41.9 Å². The Bertz CT molecular complexity index is 1080. The summed E-state index contributed by atoms with van der Waals surface area (Å²) in [5, 5.41) is 2.98. The normalized spacial score (nSPS) is 16.8. The summed E-state index contributed by atoms with van der Waals surface area (Å²) in [5.41, 5.74) is 2.76. The van der Waals surface area contributed by atoms with E-state index in [1.54, 1.807) is 11.0 Å². The van der Waals surface area contributed by atoms with Crippen molar-refractivity contribution in [3.63, 3.8) is 0 Å². The molecule has 1 saturated heterocycles. The molecular weight excluding hydrogens is 383 g/mol. The number of benzene rings is 2. The zero-order valence-electron chi connectivity index (χ0n) is 17.0. The lowest BCUT2D eigenvalue weighted by molar-refractivity contribution is -0.138. The highest BCUT2D eigenvalue weighted by molar-refractivity contribution is 5.84. The smallest absolute Gasteiger partial charge is 0.225 e. The predicted octanol–water partition coefficient (Wildman–Crippen LogP) is 2.81. The van der Waals surface area contributed by atoms with Gasteiger partial charge in [-0.15, -0.1) is 0 Å². The molecule has 3 aromatic rings. The monoisotopic (exact) mass is 408 g/mol. The largest absolute Gasteiger partial charge is 0.349 e. The van der Waals surface area contributed by atoms with E-state index in [4.69, 9.17) is 0 Å². The second kappa shape index (κ2) is 8.65. The first-order valence-corrected chi connectivity index (χ1v) is 10.2. The van der Waals surface area contributed by atoms with Crippen molar-refractivity contribution in [3.05, 3.63) is 65.7 Å². The predicted molar refractivity (Wildman–Crippen MR) is 112 cm³/mol. The van der Waals surface area contributed by atoms with Crippen LogP contribution in [0.15, 0.2) is 48.5 Å². The van der Waals surface area contributed by atoms with Crippen LogP contribution in [-0.2, 0) is 29.6 Å². The van der Waals surface area contributed by atoms with Gasteiger partial charge in [0.15, 0.2) is 0 Å². The molecule has 1 unspecified atom stereocenters. The first-order valence-electron chi connectivity index (χ1n) is 10.2. The van der Waals surface area contributed by atoms with Gasteiger partial charge >= 0.3 is 0 Å². The van der Waals surface area contributed by atoms with Crippen molar-refractivity contribution in [1.82, 2.24) is 19.8 Å². The molecule has 4 rings (SSSR count). The lowest BCUT2D eigenvalue weighted by Gasteiger charge is -2.32. The van der Waals surface area contributed by atoms with E-state index >= 15 is 0 Å². The van der Waals surface area contributed by atoms with Crippen LogP contribution in [0, 0.1) is 11.7 Å². The van der Waals surface area contributed by atoms with Gasteiger partial charge in [0, 0.05) is 26.6 Å². The third-order valence-corrected chi connectivity index (χ3v) is 5.73. The maximum Gasteiger partial charge on any atom is 0.225 e. The molecule has 1 aliphatic rings. The van der Waals surface area contributed by atoms with Crippen molar-refractivity contribution in [2.75, 3.05) is 13.1 Å². The number of fused-ring (bicyclic) bond motifs is 1. The molecule has 1 aliphatic heterocycles. The van der Waals surface area contributed by atoms with E-state index in [0.717, 1.165) is 22.4 Å². The van der Waals surface area contributed by atoms with E-state index < -0.39 is 0 Å². The minimum Gasteiger partial charge on any atom is -0.349 e. The molecule has 1 N–H and O–H groups in total. The Morgan fingerprint density at radius 3 is 2.87 bits per heavy atom. The molecule has 1 atom stereocenters.